The number of carbonyl (C=O) groups excluding carboxylic acids is 1. The van der Waals surface area contributed by atoms with Gasteiger partial charge in [-0.25, -0.2) is 0 Å². The van der Waals surface area contributed by atoms with Gasteiger partial charge in [-0.1, -0.05) is 52.4 Å². The fourth-order valence-electron chi connectivity index (χ4n) is 2.73. The van der Waals surface area contributed by atoms with Crippen LogP contribution in [0.25, 0.3) is 0 Å². The smallest absolute Gasteiger partial charge is 0.354 e. The zero-order chi connectivity index (χ0) is 21.8. The van der Waals surface area contributed by atoms with E-state index in [1.807, 2.05) is 6.92 Å². The molecule has 0 aliphatic carbocycles. The number of esters is 1. The van der Waals surface area contributed by atoms with Crippen LogP contribution < -0.4 is 0 Å². The number of carboxylic acids is 1. The predicted molar refractivity (Wildman–Crippen MR) is 112 cm³/mol. The molecule has 0 aromatic carbocycles. The minimum absolute atomic E-state index is 0.0693. The lowest BCUT2D eigenvalue weighted by Crippen LogP contribution is -2.46. The first-order valence-electron chi connectivity index (χ1n) is 11.3. The maximum absolute atomic E-state index is 12.4. The second-order valence-electron chi connectivity index (χ2n) is 7.21. The summed E-state index contributed by atoms with van der Waals surface area (Å²) in [6.07, 6.45) is 9.52. The molecule has 0 aromatic rings. The SMILES string of the molecule is CCCCOCC(OCC)(OCCCC)OC(=O)CCCCCCCCC(=O)O. The quantitative estimate of drug-likeness (QED) is 0.158. The number of hydrogen-bond donors (Lipinski definition) is 1. The van der Waals surface area contributed by atoms with E-state index in [9.17, 15) is 9.59 Å². The second-order valence-corrected chi connectivity index (χ2v) is 7.21. The van der Waals surface area contributed by atoms with Crippen molar-refractivity contribution >= 4 is 11.9 Å². The molecule has 0 spiro atoms. The Morgan fingerprint density at radius 1 is 0.759 bits per heavy atom. The van der Waals surface area contributed by atoms with Gasteiger partial charge >= 0.3 is 17.9 Å². The molecule has 7 heteroatoms. The molecule has 7 nitrogen and oxygen atoms in total. The maximum Gasteiger partial charge on any atom is 0.354 e. The van der Waals surface area contributed by atoms with Crippen molar-refractivity contribution in [1.82, 2.24) is 0 Å². The predicted octanol–water partition coefficient (Wildman–Crippen LogP) is 5.06. The summed E-state index contributed by atoms with van der Waals surface area (Å²) in [7, 11) is 0. The van der Waals surface area contributed by atoms with Crippen LogP contribution in [-0.4, -0.2) is 49.4 Å². The van der Waals surface area contributed by atoms with Crippen LogP contribution in [0.5, 0.6) is 0 Å². The van der Waals surface area contributed by atoms with E-state index in [-0.39, 0.29) is 19.0 Å². The van der Waals surface area contributed by atoms with Crippen molar-refractivity contribution in [3.05, 3.63) is 0 Å². The number of hydrogen-bond acceptors (Lipinski definition) is 6. The summed E-state index contributed by atoms with van der Waals surface area (Å²) in [6.45, 7) is 7.42. The third kappa shape index (κ3) is 16.3. The van der Waals surface area contributed by atoms with Gasteiger partial charge in [0, 0.05) is 19.4 Å². The van der Waals surface area contributed by atoms with Gasteiger partial charge in [0.1, 0.15) is 6.61 Å². The first-order chi connectivity index (χ1) is 14.0. The summed E-state index contributed by atoms with van der Waals surface area (Å²) in [6, 6.07) is 0. The summed E-state index contributed by atoms with van der Waals surface area (Å²) >= 11 is 0. The second kappa shape index (κ2) is 18.8. The Bertz CT molecular complexity index is 414. The number of aliphatic carboxylic acids is 1. The largest absolute Gasteiger partial charge is 0.481 e. The van der Waals surface area contributed by atoms with Gasteiger partial charge in [0.25, 0.3) is 0 Å². The Balaban J connectivity index is 4.35. The van der Waals surface area contributed by atoms with Crippen LogP contribution in [0.4, 0.5) is 0 Å². The van der Waals surface area contributed by atoms with Gasteiger partial charge in [0.2, 0.25) is 0 Å². The van der Waals surface area contributed by atoms with Crippen molar-refractivity contribution in [2.75, 3.05) is 26.4 Å². The molecule has 0 heterocycles. The minimum atomic E-state index is -1.47. The standard InChI is InChI=1S/C22H42O7/c1-4-7-17-26-19-22(27-6-3,28-18-8-5-2)29-21(25)16-14-12-10-9-11-13-15-20(23)24/h4-19H2,1-3H3,(H,23,24). The van der Waals surface area contributed by atoms with Crippen molar-refractivity contribution in [2.45, 2.75) is 104 Å². The van der Waals surface area contributed by atoms with Crippen LogP contribution >= 0.6 is 0 Å². The van der Waals surface area contributed by atoms with Gasteiger partial charge < -0.3 is 24.1 Å². The molecule has 0 aliphatic rings. The highest BCUT2D eigenvalue weighted by Crippen LogP contribution is 2.20. The molecule has 0 amide bonds. The Labute approximate surface area is 176 Å². The molecule has 1 atom stereocenters. The highest BCUT2D eigenvalue weighted by atomic mass is 16.9. The van der Waals surface area contributed by atoms with Crippen LogP contribution in [0.15, 0.2) is 0 Å². The van der Waals surface area contributed by atoms with Gasteiger partial charge in [-0.2, -0.15) is 0 Å². The first-order valence-corrected chi connectivity index (χ1v) is 11.3. The molecule has 1 unspecified atom stereocenters. The van der Waals surface area contributed by atoms with Gasteiger partial charge in [-0.05, 0) is 32.6 Å². The first kappa shape index (κ1) is 27.8. The Morgan fingerprint density at radius 2 is 1.34 bits per heavy atom. The fraction of sp³-hybridized carbons (Fsp3) is 0.909. The molecule has 29 heavy (non-hydrogen) atoms. The molecule has 0 aromatic heterocycles. The number of unbranched alkanes of at least 4 members (excludes halogenated alkanes) is 7. The number of ether oxygens (including phenoxy) is 4. The van der Waals surface area contributed by atoms with E-state index in [0.717, 1.165) is 57.8 Å². The van der Waals surface area contributed by atoms with Crippen LogP contribution in [0, 0.1) is 0 Å². The highest BCUT2D eigenvalue weighted by Gasteiger charge is 2.37. The van der Waals surface area contributed by atoms with E-state index in [0.29, 0.717) is 32.7 Å². The van der Waals surface area contributed by atoms with E-state index < -0.39 is 11.9 Å². The van der Waals surface area contributed by atoms with Crippen molar-refractivity contribution in [3.63, 3.8) is 0 Å². The topological polar surface area (TPSA) is 91.3 Å². The molecular formula is C22H42O7. The van der Waals surface area contributed by atoms with Crippen molar-refractivity contribution in [1.29, 1.82) is 0 Å². The summed E-state index contributed by atoms with van der Waals surface area (Å²) < 4.78 is 22.7. The average molecular weight is 419 g/mol. The third-order valence-electron chi connectivity index (χ3n) is 4.40. The van der Waals surface area contributed by atoms with Crippen LogP contribution in [0.1, 0.15) is 97.8 Å². The third-order valence-corrected chi connectivity index (χ3v) is 4.40. The zero-order valence-electron chi connectivity index (χ0n) is 18.7. The van der Waals surface area contributed by atoms with Gasteiger partial charge in [-0.15, -0.1) is 0 Å². The summed E-state index contributed by atoms with van der Waals surface area (Å²) in [5.41, 5.74) is 0. The van der Waals surface area contributed by atoms with Gasteiger partial charge in [-0.3, -0.25) is 9.59 Å². The van der Waals surface area contributed by atoms with E-state index in [1.165, 1.54) is 0 Å². The molecule has 1 N–H and O–H groups in total. The van der Waals surface area contributed by atoms with E-state index >= 15 is 0 Å². The number of carboxylic acid groups (broad SMARTS) is 1. The maximum atomic E-state index is 12.4. The molecule has 0 rings (SSSR count). The van der Waals surface area contributed by atoms with E-state index in [2.05, 4.69) is 13.8 Å². The molecule has 0 radical (unpaired) electrons. The molecule has 0 aliphatic heterocycles. The van der Waals surface area contributed by atoms with E-state index in [1.54, 1.807) is 0 Å². The van der Waals surface area contributed by atoms with Crippen molar-refractivity contribution in [2.24, 2.45) is 0 Å². The summed E-state index contributed by atoms with van der Waals surface area (Å²) in [5.74, 6) is -2.56. The van der Waals surface area contributed by atoms with E-state index in [4.69, 9.17) is 24.1 Å². The number of rotatable bonds is 21. The highest BCUT2D eigenvalue weighted by molar-refractivity contribution is 5.69. The van der Waals surface area contributed by atoms with Crippen LogP contribution in [0.2, 0.25) is 0 Å². The average Bonchev–Trinajstić information content (AvgIpc) is 2.67. The lowest BCUT2D eigenvalue weighted by atomic mass is 10.1. The monoisotopic (exact) mass is 418 g/mol. The Hall–Kier alpha value is -1.18. The number of carbonyl (C=O) groups is 2. The van der Waals surface area contributed by atoms with Gasteiger partial charge in [0.05, 0.1) is 13.2 Å². The molecular weight excluding hydrogens is 376 g/mol. The van der Waals surface area contributed by atoms with Crippen LogP contribution in [-0.2, 0) is 28.5 Å². The minimum Gasteiger partial charge on any atom is -0.481 e. The summed E-state index contributed by atoms with van der Waals surface area (Å²) in [4.78, 5) is 22.8. The van der Waals surface area contributed by atoms with Crippen molar-refractivity contribution < 1.29 is 33.6 Å². The molecule has 172 valence electrons. The molecule has 0 saturated carbocycles. The molecule has 0 fully saturated rings. The van der Waals surface area contributed by atoms with Crippen molar-refractivity contribution in [3.8, 4) is 0 Å². The lowest BCUT2D eigenvalue weighted by molar-refractivity contribution is -0.376. The summed E-state index contributed by atoms with van der Waals surface area (Å²) in [5, 5.41) is 8.61. The Kier molecular flexibility index (Phi) is 18.1. The lowest BCUT2D eigenvalue weighted by Gasteiger charge is -2.32. The van der Waals surface area contributed by atoms with Gasteiger partial charge in [0.15, 0.2) is 0 Å². The molecule has 0 bridgehead atoms. The zero-order valence-corrected chi connectivity index (χ0v) is 18.7. The van der Waals surface area contributed by atoms with Crippen LogP contribution in [0.3, 0.4) is 0 Å². The Morgan fingerprint density at radius 3 is 1.93 bits per heavy atom. The molecule has 0 saturated heterocycles. The fourth-order valence-corrected chi connectivity index (χ4v) is 2.73. The normalized spacial score (nSPS) is 13.2.